The van der Waals surface area contributed by atoms with Crippen LogP contribution in [0.3, 0.4) is 0 Å². The van der Waals surface area contributed by atoms with Crippen molar-refractivity contribution in [3.63, 3.8) is 0 Å². The minimum absolute atomic E-state index is 0.159. The highest BCUT2D eigenvalue weighted by Gasteiger charge is 2.33. The van der Waals surface area contributed by atoms with Crippen LogP contribution in [0.5, 0.6) is 0 Å². The topological polar surface area (TPSA) is 48.1 Å². The molecule has 0 unspecified atom stereocenters. The van der Waals surface area contributed by atoms with Gasteiger partial charge in [-0.3, -0.25) is 0 Å². The summed E-state index contributed by atoms with van der Waals surface area (Å²) in [6.07, 6.45) is -1.08. The van der Waals surface area contributed by atoms with Crippen LogP contribution in [0.4, 0.5) is 18.0 Å². The molecule has 7 heteroatoms. The highest BCUT2D eigenvalue weighted by Crippen LogP contribution is 2.30. The molecule has 2 amide bonds. The first-order valence-corrected chi connectivity index (χ1v) is 5.72. The number of halogens is 3. The first-order chi connectivity index (χ1) is 8.47. The van der Waals surface area contributed by atoms with E-state index in [1.165, 1.54) is 4.90 Å². The van der Waals surface area contributed by atoms with Crippen molar-refractivity contribution in [1.82, 2.24) is 15.2 Å². The Morgan fingerprint density at radius 2 is 2.33 bits per heavy atom. The Morgan fingerprint density at radius 1 is 1.56 bits per heavy atom. The molecule has 100 valence electrons. The zero-order valence-corrected chi connectivity index (χ0v) is 9.63. The van der Waals surface area contributed by atoms with E-state index in [0.717, 1.165) is 18.5 Å². The first kappa shape index (κ1) is 12.8. The summed E-state index contributed by atoms with van der Waals surface area (Å²) < 4.78 is 36.1. The standard InChI is InChI=1S/C11H14F3N3O/c12-11(13,14)7-16-10(18)17-6-2-4-9(17)8-3-1-5-15-8/h1,3,5,9,15H,2,4,6-7H2,(H,16,18)/t9-/m0/s1. The number of aromatic amines is 1. The quantitative estimate of drug-likeness (QED) is 0.844. The molecule has 0 radical (unpaired) electrons. The molecule has 1 fully saturated rings. The van der Waals surface area contributed by atoms with Crippen LogP contribution in [0.25, 0.3) is 0 Å². The Kier molecular flexibility index (Phi) is 3.49. The van der Waals surface area contributed by atoms with E-state index in [-0.39, 0.29) is 6.04 Å². The molecule has 1 aromatic rings. The smallest absolute Gasteiger partial charge is 0.363 e. The lowest BCUT2D eigenvalue weighted by molar-refractivity contribution is -0.123. The number of carbonyl (C=O) groups excluding carboxylic acids is 1. The van der Waals surface area contributed by atoms with Crippen molar-refractivity contribution in [2.24, 2.45) is 0 Å². The number of H-pyrrole nitrogens is 1. The number of urea groups is 1. The molecule has 1 saturated heterocycles. The molecular weight excluding hydrogens is 247 g/mol. The van der Waals surface area contributed by atoms with Gasteiger partial charge in [-0.25, -0.2) is 4.79 Å². The Balaban J connectivity index is 1.97. The largest absolute Gasteiger partial charge is 0.405 e. The molecule has 1 aliphatic heterocycles. The Labute approximate surface area is 102 Å². The Bertz CT molecular complexity index is 402. The molecule has 1 aromatic heterocycles. The minimum Gasteiger partial charge on any atom is -0.363 e. The van der Waals surface area contributed by atoms with Crippen LogP contribution in [0.2, 0.25) is 0 Å². The molecule has 2 N–H and O–H groups in total. The van der Waals surface area contributed by atoms with Gasteiger partial charge in [0.15, 0.2) is 0 Å². The van der Waals surface area contributed by atoms with Gasteiger partial charge in [0.2, 0.25) is 0 Å². The van der Waals surface area contributed by atoms with E-state index in [4.69, 9.17) is 0 Å². The van der Waals surface area contributed by atoms with Crippen molar-refractivity contribution < 1.29 is 18.0 Å². The Morgan fingerprint density at radius 3 is 2.94 bits per heavy atom. The maximum atomic E-state index is 12.0. The van der Waals surface area contributed by atoms with E-state index in [9.17, 15) is 18.0 Å². The summed E-state index contributed by atoms with van der Waals surface area (Å²) in [7, 11) is 0. The van der Waals surface area contributed by atoms with Crippen molar-refractivity contribution in [2.75, 3.05) is 13.1 Å². The number of aromatic nitrogens is 1. The number of likely N-dealkylation sites (tertiary alicyclic amines) is 1. The molecule has 4 nitrogen and oxygen atoms in total. The van der Waals surface area contributed by atoms with Crippen LogP contribution in [-0.2, 0) is 0 Å². The third-order valence-corrected chi connectivity index (χ3v) is 2.93. The molecule has 0 aromatic carbocycles. The summed E-state index contributed by atoms with van der Waals surface area (Å²) in [5.74, 6) is 0. The number of nitrogens with one attached hydrogen (secondary N) is 2. The van der Waals surface area contributed by atoms with Crippen molar-refractivity contribution in [2.45, 2.75) is 25.1 Å². The second kappa shape index (κ2) is 4.91. The summed E-state index contributed by atoms with van der Waals surface area (Å²) >= 11 is 0. The maximum absolute atomic E-state index is 12.0. The summed E-state index contributed by atoms with van der Waals surface area (Å²) in [5.41, 5.74) is 0.856. The fourth-order valence-corrected chi connectivity index (χ4v) is 2.16. The SMILES string of the molecule is O=C(NCC(F)(F)F)N1CCC[C@H]1c1ccc[nH]1. The number of hydrogen-bond acceptors (Lipinski definition) is 1. The molecule has 0 aliphatic carbocycles. The molecule has 0 saturated carbocycles. The highest BCUT2D eigenvalue weighted by atomic mass is 19.4. The summed E-state index contributed by atoms with van der Waals surface area (Å²) in [6.45, 7) is -0.812. The molecule has 2 heterocycles. The monoisotopic (exact) mass is 261 g/mol. The first-order valence-electron chi connectivity index (χ1n) is 5.72. The lowest BCUT2D eigenvalue weighted by atomic mass is 10.1. The highest BCUT2D eigenvalue weighted by molar-refractivity contribution is 5.75. The van der Waals surface area contributed by atoms with Gasteiger partial charge < -0.3 is 15.2 Å². The van der Waals surface area contributed by atoms with Gasteiger partial charge in [-0.05, 0) is 25.0 Å². The summed E-state index contributed by atoms with van der Waals surface area (Å²) in [6, 6.07) is 2.82. The van der Waals surface area contributed by atoms with E-state index in [1.807, 2.05) is 11.4 Å². The number of amides is 2. The van der Waals surface area contributed by atoms with E-state index in [0.29, 0.717) is 6.54 Å². The van der Waals surface area contributed by atoms with Crippen molar-refractivity contribution in [3.05, 3.63) is 24.0 Å². The van der Waals surface area contributed by atoms with Gasteiger partial charge in [-0.1, -0.05) is 0 Å². The van der Waals surface area contributed by atoms with Crippen LogP contribution in [0.1, 0.15) is 24.6 Å². The van der Waals surface area contributed by atoms with Gasteiger partial charge in [0.1, 0.15) is 6.54 Å². The average Bonchev–Trinajstić information content (AvgIpc) is 2.94. The number of carbonyl (C=O) groups is 1. The van der Waals surface area contributed by atoms with Gasteiger partial charge >= 0.3 is 12.2 Å². The summed E-state index contributed by atoms with van der Waals surface area (Å²) in [5, 5.41) is 1.90. The molecule has 18 heavy (non-hydrogen) atoms. The third-order valence-electron chi connectivity index (χ3n) is 2.93. The fraction of sp³-hybridized carbons (Fsp3) is 0.545. The third kappa shape index (κ3) is 2.96. The van der Waals surface area contributed by atoms with Gasteiger partial charge in [-0.15, -0.1) is 0 Å². The number of nitrogens with zero attached hydrogens (tertiary/aromatic N) is 1. The average molecular weight is 261 g/mol. The molecule has 1 atom stereocenters. The van der Waals surface area contributed by atoms with E-state index in [2.05, 4.69) is 4.98 Å². The molecular formula is C11H14F3N3O. The van der Waals surface area contributed by atoms with Crippen LogP contribution in [0.15, 0.2) is 18.3 Å². The zero-order chi connectivity index (χ0) is 13.2. The molecule has 0 bridgehead atoms. The second-order valence-electron chi connectivity index (χ2n) is 4.25. The lowest BCUT2D eigenvalue weighted by Crippen LogP contribution is -2.43. The fourth-order valence-electron chi connectivity index (χ4n) is 2.16. The van der Waals surface area contributed by atoms with Crippen LogP contribution in [0, 0.1) is 0 Å². The minimum atomic E-state index is -4.38. The molecule has 2 rings (SSSR count). The molecule has 0 spiro atoms. The van der Waals surface area contributed by atoms with Gasteiger partial charge in [0, 0.05) is 18.4 Å². The number of hydrogen-bond donors (Lipinski definition) is 2. The predicted molar refractivity (Wildman–Crippen MR) is 58.9 cm³/mol. The molecule has 1 aliphatic rings. The van der Waals surface area contributed by atoms with Gasteiger partial charge in [0.05, 0.1) is 6.04 Å². The predicted octanol–water partition coefficient (Wildman–Crippen LogP) is 2.42. The van der Waals surface area contributed by atoms with Gasteiger partial charge in [-0.2, -0.15) is 13.2 Å². The van der Waals surface area contributed by atoms with Crippen LogP contribution >= 0.6 is 0 Å². The lowest BCUT2D eigenvalue weighted by Gasteiger charge is -2.24. The normalized spacial score (nSPS) is 20.2. The van der Waals surface area contributed by atoms with Crippen LogP contribution < -0.4 is 5.32 Å². The second-order valence-corrected chi connectivity index (χ2v) is 4.25. The van der Waals surface area contributed by atoms with Crippen molar-refractivity contribution >= 4 is 6.03 Å². The number of alkyl halides is 3. The Hall–Kier alpha value is -1.66. The van der Waals surface area contributed by atoms with E-state index in [1.54, 1.807) is 12.3 Å². The number of rotatable bonds is 2. The van der Waals surface area contributed by atoms with Crippen molar-refractivity contribution in [1.29, 1.82) is 0 Å². The summed E-state index contributed by atoms with van der Waals surface area (Å²) in [4.78, 5) is 16.1. The maximum Gasteiger partial charge on any atom is 0.405 e. The van der Waals surface area contributed by atoms with Gasteiger partial charge in [0.25, 0.3) is 0 Å². The van der Waals surface area contributed by atoms with Crippen molar-refractivity contribution in [3.8, 4) is 0 Å². The van der Waals surface area contributed by atoms with Crippen LogP contribution in [-0.4, -0.2) is 35.2 Å². The zero-order valence-electron chi connectivity index (χ0n) is 9.63. The van der Waals surface area contributed by atoms with E-state index >= 15 is 0 Å². The van der Waals surface area contributed by atoms with E-state index < -0.39 is 18.8 Å².